The molecule has 1 spiro atoms. The van der Waals surface area contributed by atoms with Gasteiger partial charge in [0.15, 0.2) is 5.60 Å². The maximum Gasteiger partial charge on any atom is 0.340 e. The molecule has 11 amide bonds. The molecule has 0 aromatic heterocycles. The first kappa shape index (κ1) is 69.3. The number of nitrogens with two attached hydrogens (primary N) is 3. The number of esters is 1. The Hall–Kier alpha value is -9.62. The Morgan fingerprint density at radius 1 is 0.742 bits per heavy atom. The number of unbranched alkanes of at least 4 members (excludes halogenated alkanes) is 1. The third kappa shape index (κ3) is 16.7. The first-order valence-electron chi connectivity index (χ1n) is 30.1. The van der Waals surface area contributed by atoms with Gasteiger partial charge in [-0.1, -0.05) is 54.0 Å². The second-order valence-electron chi connectivity index (χ2n) is 22.7. The fourth-order valence-electron chi connectivity index (χ4n) is 11.3. The molecule has 8 unspecified atom stereocenters. The Morgan fingerprint density at radius 2 is 1.41 bits per heavy atom. The molecular weight excluding hydrogens is 1250 g/mol. The number of hydrogen-bond acceptors (Lipinski definition) is 20. The summed E-state index contributed by atoms with van der Waals surface area (Å²) in [6.45, 7) is 3.19. The molecule has 2 fully saturated rings. The smallest absolute Gasteiger partial charge is 0.340 e. The topological polar surface area (TPSA) is 462 Å². The zero-order chi connectivity index (χ0) is 67.3. The molecule has 0 radical (unpaired) electrons. The van der Waals surface area contributed by atoms with Crippen molar-refractivity contribution in [3.05, 3.63) is 112 Å². The molecule has 4 aliphatic heterocycles. The highest BCUT2D eigenvalue weighted by Gasteiger charge is 2.54. The summed E-state index contributed by atoms with van der Waals surface area (Å²) in [6.07, 6.45) is -0.533. The van der Waals surface area contributed by atoms with Gasteiger partial charge >= 0.3 is 5.97 Å². The Bertz CT molecular complexity index is 3510. The summed E-state index contributed by atoms with van der Waals surface area (Å²) >= 11 is 0. The van der Waals surface area contributed by atoms with Gasteiger partial charge in [0.05, 0.1) is 18.7 Å². The highest BCUT2D eigenvalue weighted by atomic mass is 33.1. The standard InChI is InChI=1S/C62H74N12O17S2/c1-3-31(2)51-58(86)69-42(19-20-48(64)78)55(83)70-43(28-49(65)79)56(84)71-44(29-93-92-24-21-50(80)72-52(59(87)73-51)32-9-12-34(75)13-10-32)60(88)74-23-6-8-45(74)57(85)68-41(54(82)67-30-63)7-4-5-22-66-53(81)33-11-16-37-40(25-33)62(91-61(37)89)38-17-14-35(76)26-46(38)90-47-27-36(77)15-18-39(47)62/h9-18,25-27,31,41-45,51-52,75-77H,3-8,19-24,28-30,63H2,1-2H3,(H2,64,78)(H2,65,79)(H,66,81)(H,67,82)(H,68,85)(H,69,86)(H,70,83)(H,71,84)(H,72,80)(H,73,87). The second kappa shape index (κ2) is 31.1. The SMILES string of the molecule is CCC(C)C1NC(=O)C(c2ccc(O)cc2)NC(=O)CCSSCC(C(=O)N2CCCC2C(=O)NC(CCCCNC(=O)c2ccc3c(c2)C2(OC3=O)c3ccc(O)cc3Oc3cc(O)ccc32)C(=O)NCN)NC(=O)C(CC(N)=O)NC(=O)C(CCC(N)=O)NC1=O. The predicted octanol–water partition coefficient (Wildman–Crippen LogP) is 0.549. The molecule has 0 bridgehead atoms. The number of hydrogen-bond donors (Lipinski definition) is 14. The van der Waals surface area contributed by atoms with Crippen LogP contribution in [0.2, 0.25) is 0 Å². The Labute approximate surface area is 541 Å². The summed E-state index contributed by atoms with van der Waals surface area (Å²) in [5, 5.41) is 51.7. The van der Waals surface area contributed by atoms with E-state index in [0.29, 0.717) is 36.0 Å². The average molecular weight is 1320 g/mol. The van der Waals surface area contributed by atoms with Crippen molar-refractivity contribution < 1.29 is 82.3 Å². The number of phenols is 3. The number of fused-ring (bicyclic) bond motifs is 6. The molecule has 0 saturated carbocycles. The van der Waals surface area contributed by atoms with Crippen LogP contribution in [0.1, 0.15) is 127 Å². The number of nitrogens with one attached hydrogen (secondary N) is 8. The number of ether oxygens (including phenoxy) is 2. The van der Waals surface area contributed by atoms with E-state index in [1.807, 2.05) is 0 Å². The number of benzene rings is 4. The number of rotatable bonds is 19. The van der Waals surface area contributed by atoms with Gasteiger partial charge in [0.1, 0.15) is 71.0 Å². The highest BCUT2D eigenvalue weighted by Crippen LogP contribution is 2.57. The number of likely N-dealkylation sites (tertiary alicyclic amines) is 1. The van der Waals surface area contributed by atoms with Crippen LogP contribution < -0.4 is 64.5 Å². The van der Waals surface area contributed by atoms with Gasteiger partial charge in [-0.15, -0.1) is 0 Å². The molecule has 93 heavy (non-hydrogen) atoms. The molecule has 2 saturated heterocycles. The molecule has 8 atom stereocenters. The van der Waals surface area contributed by atoms with Crippen LogP contribution in [0.4, 0.5) is 0 Å². The molecule has 31 heteroatoms. The molecule has 4 aromatic carbocycles. The van der Waals surface area contributed by atoms with E-state index in [2.05, 4.69) is 42.5 Å². The van der Waals surface area contributed by atoms with Crippen LogP contribution in [0.5, 0.6) is 28.7 Å². The minimum Gasteiger partial charge on any atom is -0.508 e. The number of carbonyl (C=O) groups is 12. The maximum absolute atomic E-state index is 14.8. The first-order valence-corrected chi connectivity index (χ1v) is 32.6. The lowest BCUT2D eigenvalue weighted by atomic mass is 9.77. The largest absolute Gasteiger partial charge is 0.508 e. The maximum atomic E-state index is 14.8. The number of aromatic hydroxyl groups is 3. The number of carbonyl (C=O) groups excluding carboxylic acids is 12. The number of primary amides is 2. The van der Waals surface area contributed by atoms with Crippen LogP contribution in [-0.4, -0.2) is 159 Å². The zero-order valence-electron chi connectivity index (χ0n) is 50.8. The van der Waals surface area contributed by atoms with Crippen molar-refractivity contribution in [3.63, 3.8) is 0 Å². The number of phenolic OH excluding ortho intramolecular Hbond substituents is 3. The normalized spacial score (nSPS) is 21.4. The molecule has 4 aromatic rings. The molecule has 17 N–H and O–H groups in total. The van der Waals surface area contributed by atoms with Gasteiger partial charge in [-0.2, -0.15) is 0 Å². The number of amides is 11. The summed E-state index contributed by atoms with van der Waals surface area (Å²) in [6, 6.07) is 8.44. The zero-order valence-corrected chi connectivity index (χ0v) is 52.4. The summed E-state index contributed by atoms with van der Waals surface area (Å²) in [5.74, 6) is -10.6. The van der Waals surface area contributed by atoms with Gasteiger partial charge < -0.3 is 89.4 Å². The van der Waals surface area contributed by atoms with Gasteiger partial charge in [0.2, 0.25) is 59.1 Å². The molecule has 29 nitrogen and oxygen atoms in total. The fraction of sp³-hybridized carbons (Fsp3) is 0.419. The second-order valence-corrected chi connectivity index (χ2v) is 25.3. The van der Waals surface area contributed by atoms with Crippen molar-refractivity contribution in [2.45, 2.75) is 126 Å². The molecular formula is C62H74N12O17S2. The van der Waals surface area contributed by atoms with Crippen molar-refractivity contribution in [3.8, 4) is 28.7 Å². The van der Waals surface area contributed by atoms with Gasteiger partial charge in [-0.25, -0.2) is 4.79 Å². The Balaban J connectivity index is 0.958. The van der Waals surface area contributed by atoms with E-state index in [4.69, 9.17) is 26.7 Å². The van der Waals surface area contributed by atoms with Crippen molar-refractivity contribution in [2.75, 3.05) is 31.3 Å². The highest BCUT2D eigenvalue weighted by molar-refractivity contribution is 8.76. The summed E-state index contributed by atoms with van der Waals surface area (Å²) in [4.78, 5) is 166. The summed E-state index contributed by atoms with van der Waals surface area (Å²) in [5.41, 5.74) is 16.7. The van der Waals surface area contributed by atoms with Gasteiger partial charge in [-0.05, 0) is 105 Å². The molecule has 8 rings (SSSR count). The molecule has 0 aliphatic carbocycles. The summed E-state index contributed by atoms with van der Waals surface area (Å²) in [7, 11) is 2.17. The van der Waals surface area contributed by atoms with Crippen LogP contribution in [-0.2, 0) is 58.3 Å². The van der Waals surface area contributed by atoms with Gasteiger partial charge in [0, 0.05) is 71.8 Å². The Morgan fingerprint density at radius 3 is 2.06 bits per heavy atom. The third-order valence-corrected chi connectivity index (χ3v) is 18.7. The van der Waals surface area contributed by atoms with Crippen LogP contribution in [0.3, 0.4) is 0 Å². The van der Waals surface area contributed by atoms with Crippen molar-refractivity contribution >= 4 is 92.5 Å². The van der Waals surface area contributed by atoms with E-state index >= 15 is 0 Å². The van der Waals surface area contributed by atoms with Crippen molar-refractivity contribution in [1.82, 2.24) is 47.4 Å². The summed E-state index contributed by atoms with van der Waals surface area (Å²) < 4.78 is 12.2. The van der Waals surface area contributed by atoms with E-state index in [9.17, 15) is 72.9 Å². The predicted molar refractivity (Wildman–Crippen MR) is 336 cm³/mol. The van der Waals surface area contributed by atoms with E-state index in [0.717, 1.165) is 21.6 Å². The third-order valence-electron chi connectivity index (χ3n) is 16.3. The van der Waals surface area contributed by atoms with E-state index in [-0.39, 0.29) is 102 Å². The quantitative estimate of drug-likeness (QED) is 0.0264. The van der Waals surface area contributed by atoms with Crippen LogP contribution >= 0.6 is 21.6 Å². The van der Waals surface area contributed by atoms with E-state index < -0.39 is 144 Å². The van der Waals surface area contributed by atoms with E-state index in [1.54, 1.807) is 26.0 Å². The van der Waals surface area contributed by atoms with Crippen LogP contribution in [0.25, 0.3) is 0 Å². The van der Waals surface area contributed by atoms with Gasteiger partial charge in [-0.3, -0.25) is 52.7 Å². The minimum absolute atomic E-state index is 0.00931. The monoisotopic (exact) mass is 1320 g/mol. The van der Waals surface area contributed by atoms with E-state index in [1.165, 1.54) is 71.6 Å². The first-order chi connectivity index (χ1) is 44.4. The van der Waals surface area contributed by atoms with Crippen molar-refractivity contribution in [1.29, 1.82) is 0 Å². The average Bonchev–Trinajstić information content (AvgIpc) is 1.62. The number of nitrogens with zero attached hydrogens (tertiary/aromatic N) is 1. The fourth-order valence-corrected chi connectivity index (χ4v) is 13.4. The molecule has 4 heterocycles. The Kier molecular flexibility index (Phi) is 23.2. The lowest BCUT2D eigenvalue weighted by Crippen LogP contribution is -2.61. The lowest BCUT2D eigenvalue weighted by Gasteiger charge is -2.36. The molecule has 4 aliphatic rings. The minimum atomic E-state index is -1.78. The lowest BCUT2D eigenvalue weighted by molar-refractivity contribution is -0.142. The van der Waals surface area contributed by atoms with Gasteiger partial charge in [0.25, 0.3) is 5.91 Å². The molecule has 496 valence electrons. The van der Waals surface area contributed by atoms with Crippen LogP contribution in [0, 0.1) is 5.92 Å². The van der Waals surface area contributed by atoms with Crippen LogP contribution in [0.15, 0.2) is 78.9 Å². The van der Waals surface area contributed by atoms with Crippen molar-refractivity contribution in [2.24, 2.45) is 23.1 Å².